The van der Waals surface area contributed by atoms with Gasteiger partial charge in [-0.15, -0.1) is 0 Å². The number of amides is 3. The molecule has 1 atom stereocenters. The molecule has 3 amide bonds. The van der Waals surface area contributed by atoms with Gasteiger partial charge in [0.15, 0.2) is 0 Å². The Labute approximate surface area is 173 Å². The predicted molar refractivity (Wildman–Crippen MR) is 105 cm³/mol. The second-order valence-corrected chi connectivity index (χ2v) is 8.14. The minimum absolute atomic E-state index is 0.155. The minimum Gasteiger partial charge on any atom is -0.322 e. The number of hydrogen-bond donors (Lipinski definition) is 3. The molecular formula is C20H23N7O3. The zero-order valence-corrected chi connectivity index (χ0v) is 16.6. The van der Waals surface area contributed by atoms with Crippen LogP contribution in [0.5, 0.6) is 0 Å². The van der Waals surface area contributed by atoms with E-state index < -0.39 is 11.9 Å². The van der Waals surface area contributed by atoms with E-state index in [2.05, 4.69) is 26.0 Å². The van der Waals surface area contributed by atoms with Crippen LogP contribution in [-0.4, -0.2) is 56.5 Å². The van der Waals surface area contributed by atoms with Gasteiger partial charge in [-0.05, 0) is 23.6 Å². The number of nitrogens with one attached hydrogen (secondary N) is 3. The number of carbonyl (C=O) groups is 3. The van der Waals surface area contributed by atoms with Gasteiger partial charge in [0, 0.05) is 45.2 Å². The highest BCUT2D eigenvalue weighted by Gasteiger charge is 2.42. The van der Waals surface area contributed by atoms with E-state index >= 15 is 0 Å². The summed E-state index contributed by atoms with van der Waals surface area (Å²) in [4.78, 5) is 42.4. The van der Waals surface area contributed by atoms with Gasteiger partial charge in [0.1, 0.15) is 23.7 Å². The highest BCUT2D eigenvalue weighted by atomic mass is 16.2. The number of benzene rings is 1. The number of nitrogens with zero attached hydrogens (tertiary/aromatic N) is 4. The third-order valence-electron chi connectivity index (χ3n) is 6.21. The van der Waals surface area contributed by atoms with Gasteiger partial charge >= 0.3 is 0 Å². The van der Waals surface area contributed by atoms with Gasteiger partial charge < -0.3 is 10.2 Å². The number of aryl methyl sites for hydroxylation is 1. The first kappa shape index (κ1) is 18.9. The summed E-state index contributed by atoms with van der Waals surface area (Å²) in [5.41, 5.74) is 2.32. The number of carbonyl (C=O) groups excluding carboxylic acids is 3. The number of fused-ring (bicyclic) bond motifs is 1. The van der Waals surface area contributed by atoms with Crippen molar-refractivity contribution in [1.82, 2.24) is 35.6 Å². The maximum atomic E-state index is 12.8. The van der Waals surface area contributed by atoms with E-state index in [9.17, 15) is 14.4 Å². The molecule has 0 spiro atoms. The largest absolute Gasteiger partial charge is 0.322 e. The van der Waals surface area contributed by atoms with Crippen LogP contribution in [0.2, 0.25) is 0 Å². The summed E-state index contributed by atoms with van der Waals surface area (Å²) in [6.07, 6.45) is 2.18. The predicted octanol–water partition coefficient (Wildman–Crippen LogP) is -0.836. The average Bonchev–Trinajstić information content (AvgIpc) is 3.25. The molecule has 1 aromatic heterocycles. The van der Waals surface area contributed by atoms with E-state index in [4.69, 9.17) is 0 Å². The van der Waals surface area contributed by atoms with Crippen LogP contribution in [0, 0.1) is 0 Å². The zero-order valence-electron chi connectivity index (χ0n) is 16.6. The molecule has 5 rings (SSSR count). The van der Waals surface area contributed by atoms with E-state index in [0.29, 0.717) is 25.1 Å². The summed E-state index contributed by atoms with van der Waals surface area (Å²) >= 11 is 0. The monoisotopic (exact) mass is 409 g/mol. The van der Waals surface area contributed by atoms with Crippen molar-refractivity contribution in [1.29, 1.82) is 0 Å². The van der Waals surface area contributed by atoms with Crippen LogP contribution in [0.15, 0.2) is 24.5 Å². The highest BCUT2D eigenvalue weighted by molar-refractivity contribution is 6.05. The Morgan fingerprint density at radius 1 is 1.27 bits per heavy atom. The fourth-order valence-electron chi connectivity index (χ4n) is 4.48. The topological polar surface area (TPSA) is 121 Å². The quantitative estimate of drug-likeness (QED) is 0.551. The van der Waals surface area contributed by atoms with Crippen molar-refractivity contribution in [3.63, 3.8) is 0 Å². The maximum Gasteiger partial charge on any atom is 0.255 e. The van der Waals surface area contributed by atoms with Gasteiger partial charge in [-0.3, -0.25) is 29.7 Å². The van der Waals surface area contributed by atoms with Gasteiger partial charge in [-0.2, -0.15) is 5.10 Å². The summed E-state index contributed by atoms with van der Waals surface area (Å²) in [6.45, 7) is 2.54. The molecule has 2 aromatic rings. The number of hydrogen-bond acceptors (Lipinski definition) is 7. The van der Waals surface area contributed by atoms with Crippen LogP contribution >= 0.6 is 0 Å². The Balaban J connectivity index is 1.31. The lowest BCUT2D eigenvalue weighted by Crippen LogP contribution is -2.65. The maximum absolute atomic E-state index is 12.8. The summed E-state index contributed by atoms with van der Waals surface area (Å²) in [5.74, 6) is 0.0628. The molecule has 0 radical (unpaired) electrons. The molecular weight excluding hydrogens is 386 g/mol. The smallest absolute Gasteiger partial charge is 0.255 e. The van der Waals surface area contributed by atoms with Crippen LogP contribution in [0.4, 0.5) is 0 Å². The molecule has 0 bridgehead atoms. The third kappa shape index (κ3) is 2.99. The SMILES string of the molecule is Cn1ncnc1C1(NCc2ccc3c(c2)CN(C2CCC(=O)NC2=O)C3=O)CNC1. The highest BCUT2D eigenvalue weighted by Crippen LogP contribution is 2.29. The summed E-state index contributed by atoms with van der Waals surface area (Å²) in [6, 6.07) is 5.19. The van der Waals surface area contributed by atoms with Gasteiger partial charge in [0.2, 0.25) is 11.8 Å². The van der Waals surface area contributed by atoms with Crippen LogP contribution in [0.3, 0.4) is 0 Å². The second kappa shape index (κ2) is 6.99. The van der Waals surface area contributed by atoms with Crippen LogP contribution in [0.25, 0.3) is 0 Å². The Bertz CT molecular complexity index is 1040. The van der Waals surface area contributed by atoms with Crippen LogP contribution < -0.4 is 16.0 Å². The van der Waals surface area contributed by atoms with Crippen molar-refractivity contribution in [3.05, 3.63) is 47.0 Å². The van der Waals surface area contributed by atoms with E-state index in [1.54, 1.807) is 15.9 Å². The number of imide groups is 1. The van der Waals surface area contributed by atoms with Crippen molar-refractivity contribution in [2.75, 3.05) is 13.1 Å². The Morgan fingerprint density at radius 2 is 2.10 bits per heavy atom. The van der Waals surface area contributed by atoms with Crippen molar-refractivity contribution >= 4 is 17.7 Å². The fourth-order valence-corrected chi connectivity index (χ4v) is 4.48. The third-order valence-corrected chi connectivity index (χ3v) is 6.21. The van der Waals surface area contributed by atoms with Gasteiger partial charge in [0.25, 0.3) is 5.91 Å². The van der Waals surface area contributed by atoms with Crippen molar-refractivity contribution in [2.45, 2.75) is 37.5 Å². The van der Waals surface area contributed by atoms with E-state index in [-0.39, 0.29) is 23.8 Å². The molecule has 1 aromatic carbocycles. The molecule has 10 nitrogen and oxygen atoms in total. The first-order chi connectivity index (χ1) is 14.5. The standard InChI is InChI=1S/C20H23N7O3/c1-26-19(22-11-24-26)20(9-21-10-20)23-7-12-2-3-14-13(6-12)8-27(18(14)30)15-4-5-16(28)25-17(15)29/h2-3,6,11,15,21,23H,4-5,7-10H2,1H3,(H,25,28,29). The molecule has 0 aliphatic carbocycles. The molecule has 0 saturated carbocycles. The normalized spacial score (nSPS) is 22.6. The Kier molecular flexibility index (Phi) is 4.40. The van der Waals surface area contributed by atoms with Crippen LogP contribution in [-0.2, 0) is 35.3 Å². The lowest BCUT2D eigenvalue weighted by atomic mass is 9.90. The first-order valence-electron chi connectivity index (χ1n) is 10.0. The summed E-state index contributed by atoms with van der Waals surface area (Å²) in [7, 11) is 1.88. The van der Waals surface area contributed by atoms with Gasteiger partial charge in [-0.25, -0.2) is 4.98 Å². The van der Waals surface area contributed by atoms with E-state index in [1.165, 1.54) is 0 Å². The molecule has 2 fully saturated rings. The lowest BCUT2D eigenvalue weighted by Gasteiger charge is -2.42. The van der Waals surface area contributed by atoms with Crippen LogP contribution in [0.1, 0.15) is 40.2 Å². The van der Waals surface area contributed by atoms with E-state index in [1.807, 2.05) is 25.2 Å². The average molecular weight is 409 g/mol. The Morgan fingerprint density at radius 3 is 2.77 bits per heavy atom. The molecule has 4 heterocycles. The fraction of sp³-hybridized carbons (Fsp3) is 0.450. The summed E-state index contributed by atoms with van der Waals surface area (Å²) < 4.78 is 1.78. The number of rotatable bonds is 5. The zero-order chi connectivity index (χ0) is 20.9. The molecule has 156 valence electrons. The minimum atomic E-state index is -0.593. The lowest BCUT2D eigenvalue weighted by molar-refractivity contribution is -0.136. The molecule has 2 saturated heterocycles. The van der Waals surface area contributed by atoms with Crippen molar-refractivity contribution in [2.24, 2.45) is 7.05 Å². The first-order valence-corrected chi connectivity index (χ1v) is 10.0. The van der Waals surface area contributed by atoms with Gasteiger partial charge in [0.05, 0.1) is 0 Å². The second-order valence-electron chi connectivity index (χ2n) is 8.14. The molecule has 3 aliphatic heterocycles. The van der Waals surface area contributed by atoms with E-state index in [0.717, 1.165) is 30.0 Å². The molecule has 3 N–H and O–H groups in total. The van der Waals surface area contributed by atoms with Crippen molar-refractivity contribution in [3.8, 4) is 0 Å². The summed E-state index contributed by atoms with van der Waals surface area (Å²) in [5, 5.41) is 13.4. The van der Waals surface area contributed by atoms with Gasteiger partial charge in [-0.1, -0.05) is 12.1 Å². The molecule has 3 aliphatic rings. The molecule has 10 heteroatoms. The number of piperidine rings is 1. The van der Waals surface area contributed by atoms with Crippen molar-refractivity contribution < 1.29 is 14.4 Å². The Hall–Kier alpha value is -3.11. The molecule has 1 unspecified atom stereocenters. The molecule has 30 heavy (non-hydrogen) atoms. The number of aromatic nitrogens is 3.